The van der Waals surface area contributed by atoms with Crippen LogP contribution in [0.1, 0.15) is 39.3 Å². The summed E-state index contributed by atoms with van der Waals surface area (Å²) in [6.45, 7) is 8.95. The van der Waals surface area contributed by atoms with Gasteiger partial charge in [-0.1, -0.05) is 13.3 Å². The predicted octanol–water partition coefficient (Wildman–Crippen LogP) is 2.15. The molecule has 17 heavy (non-hydrogen) atoms. The summed E-state index contributed by atoms with van der Waals surface area (Å²) in [6, 6.07) is 0. The summed E-state index contributed by atoms with van der Waals surface area (Å²) in [5, 5.41) is 3.29. The molecule has 0 aliphatic heterocycles. The van der Waals surface area contributed by atoms with Crippen molar-refractivity contribution in [2.45, 2.75) is 45.7 Å². The third kappa shape index (κ3) is 4.13. The Morgan fingerprint density at radius 2 is 2.18 bits per heavy atom. The molecule has 0 atom stereocenters. The zero-order valence-electron chi connectivity index (χ0n) is 11.5. The SMILES string of the molecule is CCCCOCCn1cncc1C(C)(C)NC. The lowest BCUT2D eigenvalue weighted by Crippen LogP contribution is -2.35. The van der Waals surface area contributed by atoms with Crippen molar-refractivity contribution in [2.24, 2.45) is 0 Å². The number of rotatable bonds is 8. The number of nitrogens with one attached hydrogen (secondary N) is 1. The predicted molar refractivity (Wildman–Crippen MR) is 70.0 cm³/mol. The van der Waals surface area contributed by atoms with Crippen LogP contribution in [0.15, 0.2) is 12.5 Å². The number of hydrogen-bond acceptors (Lipinski definition) is 3. The number of ether oxygens (including phenoxy) is 1. The molecule has 1 N–H and O–H groups in total. The van der Waals surface area contributed by atoms with Gasteiger partial charge in [0, 0.05) is 19.3 Å². The highest BCUT2D eigenvalue weighted by Crippen LogP contribution is 2.18. The fourth-order valence-corrected chi connectivity index (χ4v) is 1.66. The van der Waals surface area contributed by atoms with Crippen LogP contribution in [0.5, 0.6) is 0 Å². The van der Waals surface area contributed by atoms with Gasteiger partial charge in [0.05, 0.1) is 24.2 Å². The number of unbranched alkanes of at least 4 members (excludes halogenated alkanes) is 1. The average Bonchev–Trinajstić information content (AvgIpc) is 2.78. The van der Waals surface area contributed by atoms with Crippen LogP contribution in [-0.4, -0.2) is 29.8 Å². The van der Waals surface area contributed by atoms with E-state index in [1.54, 1.807) is 0 Å². The highest BCUT2D eigenvalue weighted by molar-refractivity contribution is 5.10. The van der Waals surface area contributed by atoms with E-state index in [1.165, 1.54) is 12.1 Å². The maximum atomic E-state index is 5.58. The van der Waals surface area contributed by atoms with Gasteiger partial charge in [0.2, 0.25) is 0 Å². The molecule has 1 rings (SSSR count). The molecule has 4 heteroatoms. The van der Waals surface area contributed by atoms with E-state index in [2.05, 4.69) is 35.6 Å². The molecule has 0 aromatic carbocycles. The summed E-state index contributed by atoms with van der Waals surface area (Å²) in [5.74, 6) is 0. The molecule has 0 saturated carbocycles. The molecule has 0 saturated heterocycles. The normalized spacial score (nSPS) is 12.0. The monoisotopic (exact) mass is 239 g/mol. The van der Waals surface area contributed by atoms with E-state index < -0.39 is 0 Å². The maximum Gasteiger partial charge on any atom is 0.0949 e. The van der Waals surface area contributed by atoms with Crippen molar-refractivity contribution in [3.05, 3.63) is 18.2 Å². The highest BCUT2D eigenvalue weighted by Gasteiger charge is 2.21. The standard InChI is InChI=1S/C13H25N3O/c1-5-6-8-17-9-7-16-11-15-10-12(16)13(2,3)14-4/h10-11,14H,5-9H2,1-4H3. The molecule has 0 aliphatic rings. The molecular formula is C13H25N3O. The Morgan fingerprint density at radius 3 is 2.82 bits per heavy atom. The van der Waals surface area contributed by atoms with Crippen molar-refractivity contribution < 1.29 is 4.74 Å². The molecule has 1 heterocycles. The Bertz CT molecular complexity index is 320. The smallest absolute Gasteiger partial charge is 0.0949 e. The van der Waals surface area contributed by atoms with E-state index in [0.717, 1.165) is 26.2 Å². The van der Waals surface area contributed by atoms with E-state index in [4.69, 9.17) is 4.74 Å². The number of nitrogens with zero attached hydrogens (tertiary/aromatic N) is 2. The molecule has 0 spiro atoms. The van der Waals surface area contributed by atoms with Crippen molar-refractivity contribution >= 4 is 0 Å². The molecule has 0 amide bonds. The van der Waals surface area contributed by atoms with Crippen LogP contribution in [0.4, 0.5) is 0 Å². The van der Waals surface area contributed by atoms with E-state index in [-0.39, 0.29) is 5.54 Å². The van der Waals surface area contributed by atoms with Crippen molar-refractivity contribution in [2.75, 3.05) is 20.3 Å². The van der Waals surface area contributed by atoms with Gasteiger partial charge in [-0.3, -0.25) is 0 Å². The number of imidazole rings is 1. The van der Waals surface area contributed by atoms with Crippen molar-refractivity contribution in [1.82, 2.24) is 14.9 Å². The second-order valence-corrected chi connectivity index (χ2v) is 4.81. The zero-order chi connectivity index (χ0) is 12.7. The second-order valence-electron chi connectivity index (χ2n) is 4.81. The molecular weight excluding hydrogens is 214 g/mol. The average molecular weight is 239 g/mol. The van der Waals surface area contributed by atoms with Crippen LogP contribution in [0, 0.1) is 0 Å². The maximum absolute atomic E-state index is 5.58. The van der Waals surface area contributed by atoms with Crippen LogP contribution in [0.25, 0.3) is 0 Å². The van der Waals surface area contributed by atoms with E-state index in [1.807, 2.05) is 19.6 Å². The minimum Gasteiger partial charge on any atom is -0.380 e. The van der Waals surface area contributed by atoms with Gasteiger partial charge in [-0.15, -0.1) is 0 Å². The van der Waals surface area contributed by atoms with Gasteiger partial charge >= 0.3 is 0 Å². The Hall–Kier alpha value is -0.870. The summed E-state index contributed by atoms with van der Waals surface area (Å²) >= 11 is 0. The van der Waals surface area contributed by atoms with Gasteiger partial charge in [-0.25, -0.2) is 4.98 Å². The number of hydrogen-bond donors (Lipinski definition) is 1. The van der Waals surface area contributed by atoms with Gasteiger partial charge in [0.15, 0.2) is 0 Å². The lowest BCUT2D eigenvalue weighted by atomic mass is 10.0. The minimum atomic E-state index is -0.0556. The largest absolute Gasteiger partial charge is 0.380 e. The molecule has 0 radical (unpaired) electrons. The summed E-state index contributed by atoms with van der Waals surface area (Å²) < 4.78 is 7.73. The van der Waals surface area contributed by atoms with Gasteiger partial charge in [-0.2, -0.15) is 0 Å². The topological polar surface area (TPSA) is 39.1 Å². The Kier molecular flexibility index (Phi) is 5.65. The third-order valence-corrected chi connectivity index (χ3v) is 3.10. The van der Waals surface area contributed by atoms with E-state index >= 15 is 0 Å². The van der Waals surface area contributed by atoms with Crippen LogP contribution in [-0.2, 0) is 16.8 Å². The third-order valence-electron chi connectivity index (χ3n) is 3.10. The molecule has 98 valence electrons. The van der Waals surface area contributed by atoms with Crippen LogP contribution >= 0.6 is 0 Å². The van der Waals surface area contributed by atoms with Crippen molar-refractivity contribution in [3.8, 4) is 0 Å². The van der Waals surface area contributed by atoms with Gasteiger partial charge in [0.1, 0.15) is 0 Å². The summed E-state index contributed by atoms with van der Waals surface area (Å²) in [6.07, 6.45) is 6.11. The van der Waals surface area contributed by atoms with Gasteiger partial charge in [-0.05, 0) is 27.3 Å². The molecule has 0 unspecified atom stereocenters. The lowest BCUT2D eigenvalue weighted by molar-refractivity contribution is 0.122. The molecule has 0 aliphatic carbocycles. The first-order valence-corrected chi connectivity index (χ1v) is 6.39. The fraction of sp³-hybridized carbons (Fsp3) is 0.769. The van der Waals surface area contributed by atoms with Gasteiger partial charge in [0.25, 0.3) is 0 Å². The zero-order valence-corrected chi connectivity index (χ0v) is 11.5. The number of aromatic nitrogens is 2. The molecule has 0 bridgehead atoms. The lowest BCUT2D eigenvalue weighted by Gasteiger charge is -2.25. The van der Waals surface area contributed by atoms with Crippen LogP contribution in [0.2, 0.25) is 0 Å². The van der Waals surface area contributed by atoms with Crippen molar-refractivity contribution in [1.29, 1.82) is 0 Å². The van der Waals surface area contributed by atoms with E-state index in [0.29, 0.717) is 0 Å². The van der Waals surface area contributed by atoms with Crippen LogP contribution < -0.4 is 5.32 Å². The summed E-state index contributed by atoms with van der Waals surface area (Å²) in [4.78, 5) is 4.22. The first kappa shape index (κ1) is 14.2. The summed E-state index contributed by atoms with van der Waals surface area (Å²) in [7, 11) is 1.97. The molecule has 1 aromatic heterocycles. The molecule has 0 fully saturated rings. The Morgan fingerprint density at radius 1 is 1.41 bits per heavy atom. The first-order valence-electron chi connectivity index (χ1n) is 6.39. The van der Waals surface area contributed by atoms with E-state index in [9.17, 15) is 0 Å². The Labute approximate surface area is 104 Å². The quantitative estimate of drug-likeness (QED) is 0.707. The highest BCUT2D eigenvalue weighted by atomic mass is 16.5. The fourth-order valence-electron chi connectivity index (χ4n) is 1.66. The minimum absolute atomic E-state index is 0.0556. The summed E-state index contributed by atoms with van der Waals surface area (Å²) in [5.41, 5.74) is 1.14. The molecule has 4 nitrogen and oxygen atoms in total. The first-order chi connectivity index (χ1) is 8.11. The Balaban J connectivity index is 2.46. The van der Waals surface area contributed by atoms with Crippen LogP contribution in [0.3, 0.4) is 0 Å². The second kappa shape index (κ2) is 6.77. The van der Waals surface area contributed by atoms with Gasteiger partial charge < -0.3 is 14.6 Å². The molecule has 1 aromatic rings. The van der Waals surface area contributed by atoms with Crippen molar-refractivity contribution in [3.63, 3.8) is 0 Å².